The minimum atomic E-state index is -0.584. The van der Waals surface area contributed by atoms with E-state index in [-0.39, 0.29) is 18.6 Å². The zero-order chi connectivity index (χ0) is 24.6. The molecule has 0 unspecified atom stereocenters. The molecule has 0 spiro atoms. The molecule has 0 radical (unpaired) electrons. The van der Waals surface area contributed by atoms with Crippen molar-refractivity contribution in [3.05, 3.63) is 83.4 Å². The molecule has 4 rings (SSSR count). The van der Waals surface area contributed by atoms with Crippen LogP contribution in [-0.4, -0.2) is 54.2 Å². The number of likely N-dealkylation sites (N-methyl/N-ethyl adjacent to an activating group) is 1. The number of nitrogens with one attached hydrogen (secondary N) is 2. The highest BCUT2D eigenvalue weighted by Crippen LogP contribution is 2.26. The van der Waals surface area contributed by atoms with Crippen LogP contribution in [0.3, 0.4) is 0 Å². The van der Waals surface area contributed by atoms with Gasteiger partial charge in [0.05, 0.1) is 5.57 Å². The van der Waals surface area contributed by atoms with Crippen molar-refractivity contribution in [1.82, 2.24) is 15.7 Å². The summed E-state index contributed by atoms with van der Waals surface area (Å²) in [5.41, 5.74) is 3.27. The lowest BCUT2D eigenvalue weighted by molar-refractivity contribution is -0.129. The Morgan fingerprint density at radius 2 is 1.77 bits per heavy atom. The highest BCUT2D eigenvalue weighted by molar-refractivity contribution is 5.99. The van der Waals surface area contributed by atoms with Gasteiger partial charge in [-0.15, -0.1) is 0 Å². The Balaban J connectivity index is 1.63. The number of nitrogens with zero attached hydrogens (tertiary/aromatic N) is 1. The first-order valence-corrected chi connectivity index (χ1v) is 12.0. The number of carbonyl (C=O) groups is 2. The molecule has 1 aliphatic heterocycles. The number of hydrogen-bond donors (Lipinski definition) is 3. The van der Waals surface area contributed by atoms with E-state index in [2.05, 4.69) is 5.32 Å². The van der Waals surface area contributed by atoms with Gasteiger partial charge in [0.1, 0.15) is 12.4 Å². The quantitative estimate of drug-likeness (QED) is 0.261. The molecule has 1 heterocycles. The molecule has 1 saturated heterocycles. The molecule has 1 aliphatic rings. The number of ether oxygens (including phenoxy) is 1. The van der Waals surface area contributed by atoms with Crippen molar-refractivity contribution in [3.8, 4) is 5.75 Å². The summed E-state index contributed by atoms with van der Waals surface area (Å²) in [6.45, 7) is 4.53. The van der Waals surface area contributed by atoms with E-state index in [0.29, 0.717) is 17.7 Å². The van der Waals surface area contributed by atoms with Gasteiger partial charge >= 0.3 is 0 Å². The molecular formula is C28H31N3O4. The lowest BCUT2D eigenvalue weighted by atomic mass is 10.0. The van der Waals surface area contributed by atoms with Crippen LogP contribution in [0.15, 0.2) is 72.3 Å². The standard InChI is InChI=1S/C28H31N3O4/c1-2-31(24-14-16-29-17-15-24)28(33)23(18-20-10-12-22(13-11-20)27(32)30-34)19-35-26-9-5-7-21-6-3-4-8-25(21)26/h3-13,18,24,29,34H,2,14-17,19H2,1H3,(H,30,32)/b23-18+. The first-order valence-electron chi connectivity index (χ1n) is 12.0. The second-order valence-corrected chi connectivity index (χ2v) is 8.57. The third-order valence-corrected chi connectivity index (χ3v) is 6.37. The topological polar surface area (TPSA) is 90.9 Å². The Morgan fingerprint density at radius 1 is 1.06 bits per heavy atom. The minimum absolute atomic E-state index is 0.0446. The van der Waals surface area contributed by atoms with Gasteiger partial charge in [-0.05, 0) is 68.1 Å². The van der Waals surface area contributed by atoms with Crippen molar-refractivity contribution in [2.45, 2.75) is 25.8 Å². The molecule has 2 amide bonds. The molecule has 182 valence electrons. The lowest BCUT2D eigenvalue weighted by Gasteiger charge is -2.34. The maximum Gasteiger partial charge on any atom is 0.274 e. The summed E-state index contributed by atoms with van der Waals surface area (Å²) in [6, 6.07) is 20.8. The van der Waals surface area contributed by atoms with Gasteiger partial charge in [-0.1, -0.05) is 48.5 Å². The van der Waals surface area contributed by atoms with Crippen molar-refractivity contribution in [2.24, 2.45) is 0 Å². The molecule has 0 atom stereocenters. The van der Waals surface area contributed by atoms with E-state index in [4.69, 9.17) is 9.94 Å². The number of fused-ring (bicyclic) bond motifs is 1. The Morgan fingerprint density at radius 3 is 2.49 bits per heavy atom. The molecule has 1 fully saturated rings. The third kappa shape index (κ3) is 5.88. The molecule has 3 aromatic carbocycles. The molecule has 0 bridgehead atoms. The van der Waals surface area contributed by atoms with E-state index in [1.807, 2.05) is 60.4 Å². The predicted molar refractivity (Wildman–Crippen MR) is 136 cm³/mol. The first kappa shape index (κ1) is 24.4. The number of piperidine rings is 1. The van der Waals surface area contributed by atoms with E-state index in [1.165, 1.54) is 0 Å². The van der Waals surface area contributed by atoms with Gasteiger partial charge in [-0.3, -0.25) is 14.8 Å². The first-order chi connectivity index (χ1) is 17.1. The second-order valence-electron chi connectivity index (χ2n) is 8.57. The highest BCUT2D eigenvalue weighted by atomic mass is 16.5. The van der Waals surface area contributed by atoms with Gasteiger partial charge in [0.25, 0.3) is 11.8 Å². The minimum Gasteiger partial charge on any atom is -0.488 e. The average Bonchev–Trinajstić information content (AvgIpc) is 2.92. The number of benzene rings is 3. The second kappa shape index (κ2) is 11.6. The molecule has 35 heavy (non-hydrogen) atoms. The van der Waals surface area contributed by atoms with E-state index in [9.17, 15) is 9.59 Å². The van der Waals surface area contributed by atoms with Crippen LogP contribution in [0.2, 0.25) is 0 Å². The van der Waals surface area contributed by atoms with Crippen LogP contribution in [0.4, 0.5) is 0 Å². The molecule has 3 N–H and O–H groups in total. The molecule has 0 aromatic heterocycles. The Hall–Kier alpha value is -3.68. The molecule has 0 aliphatic carbocycles. The summed E-state index contributed by atoms with van der Waals surface area (Å²) in [4.78, 5) is 27.3. The molecule has 0 saturated carbocycles. The summed E-state index contributed by atoms with van der Waals surface area (Å²) in [6.07, 6.45) is 3.65. The van der Waals surface area contributed by atoms with Crippen LogP contribution in [0.5, 0.6) is 5.75 Å². The number of carbonyl (C=O) groups excluding carboxylic acids is 2. The third-order valence-electron chi connectivity index (χ3n) is 6.37. The van der Waals surface area contributed by atoms with E-state index < -0.39 is 5.91 Å². The molecule has 7 heteroatoms. The fourth-order valence-corrected chi connectivity index (χ4v) is 4.51. The van der Waals surface area contributed by atoms with Crippen molar-refractivity contribution >= 4 is 28.7 Å². The number of rotatable bonds is 8. The van der Waals surface area contributed by atoms with Gasteiger partial charge in [0, 0.05) is 23.5 Å². The predicted octanol–water partition coefficient (Wildman–Crippen LogP) is 4.02. The summed E-state index contributed by atoms with van der Waals surface area (Å²) in [5, 5.41) is 14.3. The van der Waals surface area contributed by atoms with Crippen molar-refractivity contribution < 1.29 is 19.5 Å². The Labute approximate surface area is 205 Å². The maximum absolute atomic E-state index is 13.7. The molecule has 7 nitrogen and oxygen atoms in total. The zero-order valence-corrected chi connectivity index (χ0v) is 19.9. The van der Waals surface area contributed by atoms with E-state index in [0.717, 1.165) is 48.0 Å². The van der Waals surface area contributed by atoms with Crippen molar-refractivity contribution in [2.75, 3.05) is 26.2 Å². The largest absolute Gasteiger partial charge is 0.488 e. The van der Waals surface area contributed by atoms with E-state index >= 15 is 0 Å². The Kier molecular flexibility index (Phi) is 8.13. The summed E-state index contributed by atoms with van der Waals surface area (Å²) in [5.74, 6) is 0.0951. The van der Waals surface area contributed by atoms with Crippen LogP contribution in [0, 0.1) is 0 Å². The number of hydroxylamine groups is 1. The molecule has 3 aromatic rings. The van der Waals surface area contributed by atoms with Crippen molar-refractivity contribution in [1.29, 1.82) is 0 Å². The highest BCUT2D eigenvalue weighted by Gasteiger charge is 2.26. The van der Waals surface area contributed by atoms with Crippen LogP contribution >= 0.6 is 0 Å². The van der Waals surface area contributed by atoms with Gasteiger partial charge in [0.2, 0.25) is 0 Å². The fraction of sp³-hybridized carbons (Fsp3) is 0.286. The van der Waals surface area contributed by atoms with Crippen LogP contribution in [0.1, 0.15) is 35.7 Å². The fourth-order valence-electron chi connectivity index (χ4n) is 4.51. The van der Waals surface area contributed by atoms with Gasteiger partial charge in [-0.25, -0.2) is 5.48 Å². The van der Waals surface area contributed by atoms with Gasteiger partial charge in [0.15, 0.2) is 0 Å². The van der Waals surface area contributed by atoms with Gasteiger partial charge < -0.3 is 15.0 Å². The normalized spacial score (nSPS) is 14.5. The van der Waals surface area contributed by atoms with Crippen molar-refractivity contribution in [3.63, 3.8) is 0 Å². The smallest absolute Gasteiger partial charge is 0.274 e. The van der Waals surface area contributed by atoms with Crippen LogP contribution in [0.25, 0.3) is 16.8 Å². The van der Waals surface area contributed by atoms with Gasteiger partial charge in [-0.2, -0.15) is 0 Å². The SMILES string of the molecule is CCN(C(=O)/C(=C/c1ccc(C(=O)NO)cc1)COc1cccc2ccccc12)C1CCNCC1. The van der Waals surface area contributed by atoms with Crippen LogP contribution < -0.4 is 15.5 Å². The number of amides is 2. The summed E-state index contributed by atoms with van der Waals surface area (Å²) in [7, 11) is 0. The maximum atomic E-state index is 13.7. The monoisotopic (exact) mass is 473 g/mol. The number of hydrogen-bond acceptors (Lipinski definition) is 5. The summed E-state index contributed by atoms with van der Waals surface area (Å²) >= 11 is 0. The zero-order valence-electron chi connectivity index (χ0n) is 19.9. The average molecular weight is 474 g/mol. The Bertz CT molecular complexity index is 1200. The van der Waals surface area contributed by atoms with E-state index in [1.54, 1.807) is 29.7 Å². The summed E-state index contributed by atoms with van der Waals surface area (Å²) < 4.78 is 6.21. The van der Waals surface area contributed by atoms with Crippen LogP contribution in [-0.2, 0) is 4.79 Å². The lowest BCUT2D eigenvalue weighted by Crippen LogP contribution is -2.47. The molecular weight excluding hydrogens is 442 g/mol.